The Hall–Kier alpha value is -1.99. The number of nitriles is 1. The Kier molecular flexibility index (Phi) is 3.31. The molecule has 0 aliphatic heterocycles. The van der Waals surface area contributed by atoms with Gasteiger partial charge in [-0.2, -0.15) is 5.26 Å². The Bertz CT molecular complexity index is 592. The highest BCUT2D eigenvalue weighted by molar-refractivity contribution is 7.99. The molecule has 0 aromatic heterocycles. The average Bonchev–Trinajstić information content (AvgIpc) is 2.34. The highest BCUT2D eigenvalue weighted by Crippen LogP contribution is 2.35. The summed E-state index contributed by atoms with van der Waals surface area (Å²) in [5, 5.41) is 18.5. The number of benzene rings is 2. The fourth-order valence-corrected chi connectivity index (χ4v) is 2.25. The summed E-state index contributed by atoms with van der Waals surface area (Å²) >= 11 is 1.23. The number of phenols is 1. The number of halogens is 1. The first-order chi connectivity index (χ1) is 8.20. The quantitative estimate of drug-likeness (QED) is 0.879. The van der Waals surface area contributed by atoms with Gasteiger partial charge in [-0.1, -0.05) is 23.9 Å². The van der Waals surface area contributed by atoms with E-state index in [1.54, 1.807) is 24.3 Å². The predicted octanol–water partition coefficient (Wildman–Crippen LogP) is 3.55. The molecule has 2 aromatic carbocycles. The summed E-state index contributed by atoms with van der Waals surface area (Å²) in [4.78, 5) is 1.26. The summed E-state index contributed by atoms with van der Waals surface area (Å²) in [6.07, 6.45) is 0. The summed E-state index contributed by atoms with van der Waals surface area (Å²) in [6, 6.07) is 12.8. The van der Waals surface area contributed by atoms with Crippen LogP contribution in [0.3, 0.4) is 0 Å². The van der Waals surface area contributed by atoms with E-state index in [1.807, 2.05) is 6.07 Å². The van der Waals surface area contributed by atoms with Crippen LogP contribution >= 0.6 is 11.8 Å². The van der Waals surface area contributed by atoms with Crippen molar-refractivity contribution in [2.45, 2.75) is 9.79 Å². The summed E-state index contributed by atoms with van der Waals surface area (Å²) in [7, 11) is 0. The van der Waals surface area contributed by atoms with Crippen LogP contribution in [-0.2, 0) is 0 Å². The summed E-state index contributed by atoms with van der Waals surface area (Å²) < 4.78 is 12.9. The fraction of sp³-hybridized carbons (Fsp3) is 0. The first-order valence-corrected chi connectivity index (χ1v) is 5.68. The van der Waals surface area contributed by atoms with Gasteiger partial charge in [0.05, 0.1) is 10.5 Å². The largest absolute Gasteiger partial charge is 0.507 e. The van der Waals surface area contributed by atoms with Gasteiger partial charge in [-0.3, -0.25) is 0 Å². The van der Waals surface area contributed by atoms with Gasteiger partial charge in [-0.15, -0.1) is 0 Å². The summed E-state index contributed by atoms with van der Waals surface area (Å²) in [5.74, 6) is -0.297. The molecule has 0 bridgehead atoms. The number of hydrogen-bond acceptors (Lipinski definition) is 3. The molecule has 0 unspecified atom stereocenters. The zero-order valence-corrected chi connectivity index (χ0v) is 9.54. The lowest BCUT2D eigenvalue weighted by atomic mass is 10.2. The maximum Gasteiger partial charge on any atom is 0.129 e. The number of phenolic OH excluding ortho intramolecular Hbond substituents is 1. The van der Waals surface area contributed by atoms with Gasteiger partial charge in [0.2, 0.25) is 0 Å². The van der Waals surface area contributed by atoms with Gasteiger partial charge >= 0.3 is 0 Å². The lowest BCUT2D eigenvalue weighted by Crippen LogP contribution is -1.84. The van der Waals surface area contributed by atoms with E-state index >= 15 is 0 Å². The molecule has 0 amide bonds. The van der Waals surface area contributed by atoms with Crippen molar-refractivity contribution in [3.63, 3.8) is 0 Å². The molecular weight excluding hydrogens is 237 g/mol. The smallest absolute Gasteiger partial charge is 0.129 e. The van der Waals surface area contributed by atoms with E-state index in [9.17, 15) is 9.50 Å². The topological polar surface area (TPSA) is 44.0 Å². The molecule has 0 radical (unpaired) electrons. The minimum atomic E-state index is -0.441. The van der Waals surface area contributed by atoms with Gasteiger partial charge in [-0.05, 0) is 30.3 Å². The molecule has 2 aromatic rings. The molecule has 1 N–H and O–H groups in total. The van der Waals surface area contributed by atoms with Gasteiger partial charge in [0, 0.05) is 4.90 Å². The van der Waals surface area contributed by atoms with Crippen LogP contribution in [0.1, 0.15) is 5.56 Å². The van der Waals surface area contributed by atoms with Crippen molar-refractivity contribution in [3.05, 3.63) is 53.8 Å². The molecule has 4 heteroatoms. The molecule has 0 saturated carbocycles. The van der Waals surface area contributed by atoms with Crippen LogP contribution in [0.2, 0.25) is 0 Å². The molecule has 84 valence electrons. The van der Waals surface area contributed by atoms with Gasteiger partial charge < -0.3 is 5.11 Å². The van der Waals surface area contributed by atoms with Crippen molar-refractivity contribution in [2.75, 3.05) is 0 Å². The van der Waals surface area contributed by atoms with Crippen molar-refractivity contribution in [3.8, 4) is 11.8 Å². The molecular formula is C13H8FNOS. The van der Waals surface area contributed by atoms with Crippen molar-refractivity contribution < 1.29 is 9.50 Å². The highest BCUT2D eigenvalue weighted by atomic mass is 32.2. The average molecular weight is 245 g/mol. The molecule has 17 heavy (non-hydrogen) atoms. The minimum Gasteiger partial charge on any atom is -0.507 e. The van der Waals surface area contributed by atoms with E-state index in [1.165, 1.54) is 30.0 Å². The summed E-state index contributed by atoms with van der Waals surface area (Å²) in [6.45, 7) is 0. The zero-order valence-electron chi connectivity index (χ0n) is 8.72. The molecule has 0 aliphatic rings. The molecule has 0 heterocycles. The van der Waals surface area contributed by atoms with Gasteiger partial charge in [0.15, 0.2) is 0 Å². The van der Waals surface area contributed by atoms with E-state index in [4.69, 9.17) is 5.26 Å². The number of nitrogens with zero attached hydrogens (tertiary/aromatic N) is 1. The standard InChI is InChI=1S/C13H8FNOS/c14-10-5-6-12(9(7-10)8-15)17-13-4-2-1-3-11(13)16/h1-7,16H. The first-order valence-electron chi connectivity index (χ1n) is 4.86. The van der Waals surface area contributed by atoms with Crippen LogP contribution in [0.5, 0.6) is 5.75 Å². The monoisotopic (exact) mass is 245 g/mol. The third-order valence-electron chi connectivity index (χ3n) is 2.15. The second-order valence-electron chi connectivity index (χ2n) is 3.32. The normalized spacial score (nSPS) is 9.88. The van der Waals surface area contributed by atoms with E-state index in [-0.39, 0.29) is 11.3 Å². The molecule has 2 rings (SSSR count). The Morgan fingerprint density at radius 1 is 1.12 bits per heavy atom. The lowest BCUT2D eigenvalue weighted by Gasteiger charge is -2.05. The Balaban J connectivity index is 2.37. The Labute approximate surface area is 102 Å². The molecule has 0 fully saturated rings. The van der Waals surface area contributed by atoms with Crippen LogP contribution in [0, 0.1) is 17.1 Å². The van der Waals surface area contributed by atoms with Gasteiger partial charge in [0.1, 0.15) is 17.6 Å². The first kappa shape index (κ1) is 11.5. The van der Waals surface area contributed by atoms with E-state index in [0.717, 1.165) is 0 Å². The highest BCUT2D eigenvalue weighted by Gasteiger charge is 2.08. The molecule has 2 nitrogen and oxygen atoms in total. The van der Waals surface area contributed by atoms with E-state index < -0.39 is 5.82 Å². The molecule has 0 saturated heterocycles. The molecule has 0 spiro atoms. The van der Waals surface area contributed by atoms with E-state index in [2.05, 4.69) is 0 Å². The maximum atomic E-state index is 12.9. The van der Waals surface area contributed by atoms with Crippen molar-refractivity contribution in [1.82, 2.24) is 0 Å². The van der Waals surface area contributed by atoms with Gasteiger partial charge in [0.25, 0.3) is 0 Å². The van der Waals surface area contributed by atoms with Gasteiger partial charge in [-0.25, -0.2) is 4.39 Å². The molecule has 0 aliphatic carbocycles. The minimum absolute atomic E-state index is 0.144. The number of aromatic hydroxyl groups is 1. The third-order valence-corrected chi connectivity index (χ3v) is 3.29. The SMILES string of the molecule is N#Cc1cc(F)ccc1Sc1ccccc1O. The van der Waals surface area contributed by atoms with Crippen LogP contribution in [0.15, 0.2) is 52.3 Å². The van der Waals surface area contributed by atoms with Crippen molar-refractivity contribution in [2.24, 2.45) is 0 Å². The molecule has 0 atom stereocenters. The third kappa shape index (κ3) is 2.58. The van der Waals surface area contributed by atoms with Crippen molar-refractivity contribution >= 4 is 11.8 Å². The second-order valence-corrected chi connectivity index (χ2v) is 4.41. The van der Waals surface area contributed by atoms with Crippen LogP contribution in [0.4, 0.5) is 4.39 Å². The van der Waals surface area contributed by atoms with E-state index in [0.29, 0.717) is 9.79 Å². The Morgan fingerprint density at radius 3 is 2.59 bits per heavy atom. The summed E-state index contributed by atoms with van der Waals surface area (Å²) in [5.41, 5.74) is 0.262. The van der Waals surface area contributed by atoms with Crippen molar-refractivity contribution in [1.29, 1.82) is 5.26 Å². The van der Waals surface area contributed by atoms with Crippen LogP contribution < -0.4 is 0 Å². The zero-order chi connectivity index (χ0) is 12.3. The second kappa shape index (κ2) is 4.89. The number of para-hydroxylation sites is 1. The number of rotatable bonds is 2. The predicted molar refractivity (Wildman–Crippen MR) is 63.3 cm³/mol. The fourth-order valence-electron chi connectivity index (χ4n) is 1.34. The Morgan fingerprint density at radius 2 is 1.88 bits per heavy atom. The lowest BCUT2D eigenvalue weighted by molar-refractivity contribution is 0.462. The number of hydrogen-bond donors (Lipinski definition) is 1. The maximum absolute atomic E-state index is 12.9. The van der Waals surface area contributed by atoms with Crippen LogP contribution in [-0.4, -0.2) is 5.11 Å². The van der Waals surface area contributed by atoms with Crippen LogP contribution in [0.25, 0.3) is 0 Å².